The van der Waals surface area contributed by atoms with Crippen LogP contribution in [0, 0.1) is 10.1 Å². The molecule has 0 fully saturated rings. The molecule has 0 saturated carbocycles. The maximum Gasteiger partial charge on any atom is 0.295 e. The summed E-state index contributed by atoms with van der Waals surface area (Å²) in [5.41, 5.74) is -0.240. The number of nitro benzene ring substituents is 1. The second-order valence-electron chi connectivity index (χ2n) is 4.63. The lowest BCUT2D eigenvalue weighted by Crippen LogP contribution is -2.13. The molecule has 118 valence electrons. The average molecular weight is 353 g/mol. The van der Waals surface area contributed by atoms with Crippen molar-refractivity contribution in [3.63, 3.8) is 0 Å². The monoisotopic (exact) mass is 352 g/mol. The number of hydrogen-bond donors (Lipinski definition) is 1. The van der Waals surface area contributed by atoms with Gasteiger partial charge in [0.2, 0.25) is 5.09 Å². The van der Waals surface area contributed by atoms with Crippen LogP contribution in [0.4, 0.5) is 11.4 Å². The average Bonchev–Trinajstić information content (AvgIpc) is 2.93. The lowest BCUT2D eigenvalue weighted by atomic mass is 10.3. The van der Waals surface area contributed by atoms with Crippen molar-refractivity contribution in [1.82, 2.24) is 0 Å². The van der Waals surface area contributed by atoms with Crippen LogP contribution in [-0.4, -0.2) is 13.3 Å². The van der Waals surface area contributed by atoms with Crippen molar-refractivity contribution in [2.45, 2.75) is 5.09 Å². The molecule has 1 heterocycles. The Balaban J connectivity index is 2.03. The first-order valence-corrected chi connectivity index (χ1v) is 8.18. The molecule has 1 N–H and O–H groups in total. The third kappa shape index (κ3) is 2.99. The quantitative estimate of drug-likeness (QED) is 0.568. The van der Waals surface area contributed by atoms with E-state index in [1.165, 1.54) is 18.2 Å². The van der Waals surface area contributed by atoms with E-state index in [0.717, 1.165) is 6.07 Å². The van der Waals surface area contributed by atoms with Gasteiger partial charge in [-0.15, -0.1) is 0 Å². The van der Waals surface area contributed by atoms with Crippen LogP contribution in [0.3, 0.4) is 0 Å². The molecule has 3 aromatic rings. The van der Waals surface area contributed by atoms with Gasteiger partial charge in [0.15, 0.2) is 0 Å². The molecular formula is C14H9ClN2O5S. The van der Waals surface area contributed by atoms with Crippen molar-refractivity contribution < 1.29 is 17.8 Å². The molecule has 1 aromatic heterocycles. The molecule has 23 heavy (non-hydrogen) atoms. The van der Waals surface area contributed by atoms with E-state index in [0.29, 0.717) is 11.0 Å². The predicted molar refractivity (Wildman–Crippen MR) is 85.1 cm³/mol. The summed E-state index contributed by atoms with van der Waals surface area (Å²) in [4.78, 5) is 10.3. The third-order valence-electron chi connectivity index (χ3n) is 3.07. The molecule has 0 aliphatic heterocycles. The second-order valence-corrected chi connectivity index (χ2v) is 6.68. The Morgan fingerprint density at radius 3 is 2.57 bits per heavy atom. The van der Waals surface area contributed by atoms with Crippen LogP contribution in [0.25, 0.3) is 11.0 Å². The van der Waals surface area contributed by atoms with Crippen molar-refractivity contribution in [3.05, 3.63) is 63.7 Å². The minimum atomic E-state index is -4.11. The molecule has 0 amide bonds. The van der Waals surface area contributed by atoms with Crippen LogP contribution in [0.15, 0.2) is 58.0 Å². The summed E-state index contributed by atoms with van der Waals surface area (Å²) in [6, 6.07) is 11.8. The van der Waals surface area contributed by atoms with Gasteiger partial charge >= 0.3 is 0 Å². The van der Waals surface area contributed by atoms with Gasteiger partial charge in [-0.2, -0.15) is 8.42 Å². The Morgan fingerprint density at radius 1 is 1.13 bits per heavy atom. The molecule has 3 rings (SSSR count). The first-order chi connectivity index (χ1) is 10.9. The Labute approximate surface area is 135 Å². The molecule has 2 aromatic carbocycles. The maximum absolute atomic E-state index is 12.4. The molecule has 0 bridgehead atoms. The van der Waals surface area contributed by atoms with E-state index in [1.54, 1.807) is 24.3 Å². The van der Waals surface area contributed by atoms with Gasteiger partial charge in [0.1, 0.15) is 11.3 Å². The third-order valence-corrected chi connectivity index (χ3v) is 4.52. The standard InChI is InChI=1S/C14H9ClN2O5S/c15-10-5-6-11(12(8-10)17(18)19)16-23(20,21)14-7-9-3-1-2-4-13(9)22-14/h1-8,16H. The van der Waals surface area contributed by atoms with Crippen molar-refractivity contribution in [1.29, 1.82) is 0 Å². The summed E-state index contributed by atoms with van der Waals surface area (Å²) in [5, 5.41) is 11.4. The van der Waals surface area contributed by atoms with Gasteiger partial charge in [-0.1, -0.05) is 29.8 Å². The van der Waals surface area contributed by atoms with Crippen LogP contribution in [0.2, 0.25) is 5.02 Å². The number of furan rings is 1. The lowest BCUT2D eigenvalue weighted by molar-refractivity contribution is -0.383. The van der Waals surface area contributed by atoms with Gasteiger partial charge in [-0.25, -0.2) is 0 Å². The van der Waals surface area contributed by atoms with E-state index in [4.69, 9.17) is 16.0 Å². The van der Waals surface area contributed by atoms with E-state index >= 15 is 0 Å². The van der Waals surface area contributed by atoms with Gasteiger partial charge in [-0.3, -0.25) is 14.8 Å². The largest absolute Gasteiger partial charge is 0.443 e. The highest BCUT2D eigenvalue weighted by molar-refractivity contribution is 7.92. The number of nitro groups is 1. The minimum absolute atomic E-state index is 0.128. The fraction of sp³-hybridized carbons (Fsp3) is 0. The Kier molecular flexibility index (Phi) is 3.70. The molecule has 7 nitrogen and oxygen atoms in total. The summed E-state index contributed by atoms with van der Waals surface area (Å²) < 4.78 is 32.2. The van der Waals surface area contributed by atoms with Crippen molar-refractivity contribution in [2.75, 3.05) is 4.72 Å². The number of benzene rings is 2. The first kappa shape index (κ1) is 15.3. The summed E-state index contributed by atoms with van der Waals surface area (Å²) in [7, 11) is -4.11. The van der Waals surface area contributed by atoms with E-state index in [-0.39, 0.29) is 15.8 Å². The number of hydrogen-bond acceptors (Lipinski definition) is 5. The molecule has 0 aliphatic carbocycles. The zero-order valence-corrected chi connectivity index (χ0v) is 13.0. The summed E-state index contributed by atoms with van der Waals surface area (Å²) >= 11 is 5.70. The van der Waals surface area contributed by atoms with Crippen LogP contribution >= 0.6 is 11.6 Å². The first-order valence-electron chi connectivity index (χ1n) is 6.32. The maximum atomic E-state index is 12.4. The highest BCUT2D eigenvalue weighted by atomic mass is 35.5. The Bertz CT molecular complexity index is 980. The molecule has 9 heteroatoms. The SMILES string of the molecule is O=[N+]([O-])c1cc(Cl)ccc1NS(=O)(=O)c1cc2ccccc2o1. The number of anilines is 1. The van der Waals surface area contributed by atoms with E-state index in [2.05, 4.69) is 4.72 Å². The molecule has 0 unspecified atom stereocenters. The molecule has 0 atom stereocenters. The predicted octanol–water partition coefficient (Wildman–Crippen LogP) is 3.80. The molecule has 0 aliphatic rings. The fourth-order valence-corrected chi connectivity index (χ4v) is 3.24. The minimum Gasteiger partial charge on any atom is -0.443 e. The number of rotatable bonds is 4. The topological polar surface area (TPSA) is 102 Å². The normalized spacial score (nSPS) is 11.5. The number of para-hydroxylation sites is 1. The van der Waals surface area contributed by atoms with Crippen molar-refractivity contribution in [2.24, 2.45) is 0 Å². The number of halogens is 1. The number of nitrogens with one attached hydrogen (secondary N) is 1. The number of nitrogens with zero attached hydrogens (tertiary/aromatic N) is 1. The van der Waals surface area contributed by atoms with Crippen molar-refractivity contribution in [3.8, 4) is 0 Å². The summed E-state index contributed by atoms with van der Waals surface area (Å²) in [6.07, 6.45) is 0. The van der Waals surface area contributed by atoms with Crippen LogP contribution < -0.4 is 4.72 Å². The fourth-order valence-electron chi connectivity index (χ4n) is 2.03. The number of fused-ring (bicyclic) bond motifs is 1. The lowest BCUT2D eigenvalue weighted by Gasteiger charge is -2.06. The highest BCUT2D eigenvalue weighted by Gasteiger charge is 2.24. The van der Waals surface area contributed by atoms with Gasteiger partial charge in [0.25, 0.3) is 15.7 Å². The summed E-state index contributed by atoms with van der Waals surface area (Å²) in [5.74, 6) is 0. The Hall–Kier alpha value is -2.58. The van der Waals surface area contributed by atoms with Gasteiger partial charge in [0.05, 0.1) is 4.92 Å². The number of sulfonamides is 1. The van der Waals surface area contributed by atoms with Gasteiger partial charge < -0.3 is 4.42 Å². The van der Waals surface area contributed by atoms with E-state index in [9.17, 15) is 18.5 Å². The highest BCUT2D eigenvalue weighted by Crippen LogP contribution is 2.31. The summed E-state index contributed by atoms with van der Waals surface area (Å²) in [6.45, 7) is 0. The van der Waals surface area contributed by atoms with Crippen LogP contribution in [-0.2, 0) is 10.0 Å². The molecule has 0 saturated heterocycles. The zero-order chi connectivity index (χ0) is 16.6. The van der Waals surface area contributed by atoms with Gasteiger partial charge in [-0.05, 0) is 18.2 Å². The zero-order valence-electron chi connectivity index (χ0n) is 11.4. The van der Waals surface area contributed by atoms with Crippen LogP contribution in [0.1, 0.15) is 0 Å². The van der Waals surface area contributed by atoms with Gasteiger partial charge in [0, 0.05) is 22.5 Å². The van der Waals surface area contributed by atoms with E-state index < -0.39 is 20.6 Å². The van der Waals surface area contributed by atoms with E-state index in [1.807, 2.05) is 0 Å². The molecule has 0 spiro atoms. The van der Waals surface area contributed by atoms with Crippen LogP contribution in [0.5, 0.6) is 0 Å². The Morgan fingerprint density at radius 2 is 1.87 bits per heavy atom. The smallest absolute Gasteiger partial charge is 0.295 e. The molecule has 0 radical (unpaired) electrons. The van der Waals surface area contributed by atoms with Crippen molar-refractivity contribution >= 4 is 44.0 Å². The molecular weight excluding hydrogens is 344 g/mol. The second kappa shape index (κ2) is 5.56.